The highest BCUT2D eigenvalue weighted by molar-refractivity contribution is 7.11. The molecule has 0 spiro atoms. The van der Waals surface area contributed by atoms with Crippen molar-refractivity contribution in [2.24, 2.45) is 0 Å². The molecule has 2 aromatic rings. The minimum atomic E-state index is 0.299. The molecular weight excluding hydrogens is 258 g/mol. The molecule has 0 aliphatic rings. The molecule has 1 aromatic heterocycles. The van der Waals surface area contributed by atoms with Gasteiger partial charge in [0.2, 0.25) is 0 Å². The summed E-state index contributed by atoms with van der Waals surface area (Å²) in [4.78, 5) is 0. The summed E-state index contributed by atoms with van der Waals surface area (Å²) in [6, 6.07) is 10.1. The van der Waals surface area contributed by atoms with Crippen molar-refractivity contribution in [2.75, 3.05) is 6.54 Å². The lowest BCUT2D eigenvalue weighted by atomic mass is 10.2. The summed E-state index contributed by atoms with van der Waals surface area (Å²) in [5.74, 6) is 0.859. The van der Waals surface area contributed by atoms with Crippen molar-refractivity contribution in [3.05, 3.63) is 40.3 Å². The molecule has 4 nitrogen and oxygen atoms in total. The Bertz CT molecular complexity index is 486. The fourth-order valence-corrected chi connectivity index (χ4v) is 2.70. The van der Waals surface area contributed by atoms with Crippen LogP contribution >= 0.6 is 11.3 Å². The Morgan fingerprint density at radius 1 is 1.21 bits per heavy atom. The molecular formula is C14H19N3OS. The van der Waals surface area contributed by atoms with E-state index in [9.17, 15) is 0 Å². The topological polar surface area (TPSA) is 47.0 Å². The molecule has 0 radical (unpaired) electrons. The second kappa shape index (κ2) is 7.21. The molecule has 1 unspecified atom stereocenters. The van der Waals surface area contributed by atoms with E-state index in [0.29, 0.717) is 12.6 Å². The van der Waals surface area contributed by atoms with E-state index in [1.165, 1.54) is 0 Å². The van der Waals surface area contributed by atoms with Gasteiger partial charge in [0.25, 0.3) is 0 Å². The number of nitrogens with zero attached hydrogens (tertiary/aromatic N) is 2. The third kappa shape index (κ3) is 4.01. The monoisotopic (exact) mass is 277 g/mol. The number of ether oxygens (including phenoxy) is 1. The summed E-state index contributed by atoms with van der Waals surface area (Å²) in [7, 11) is 0. The van der Waals surface area contributed by atoms with Crippen LogP contribution in [0.2, 0.25) is 0 Å². The number of para-hydroxylation sites is 1. The van der Waals surface area contributed by atoms with Gasteiger partial charge in [0.05, 0.1) is 6.04 Å². The fourth-order valence-electron chi connectivity index (χ4n) is 1.78. The lowest BCUT2D eigenvalue weighted by Gasteiger charge is -2.10. The molecule has 1 aromatic carbocycles. The van der Waals surface area contributed by atoms with E-state index in [0.717, 1.165) is 28.7 Å². The van der Waals surface area contributed by atoms with Crippen LogP contribution in [0.3, 0.4) is 0 Å². The largest absolute Gasteiger partial charge is 0.486 e. The van der Waals surface area contributed by atoms with E-state index in [-0.39, 0.29) is 0 Å². The minimum Gasteiger partial charge on any atom is -0.486 e. The van der Waals surface area contributed by atoms with Crippen LogP contribution in [-0.4, -0.2) is 16.7 Å². The van der Waals surface area contributed by atoms with Crippen molar-refractivity contribution >= 4 is 11.3 Å². The van der Waals surface area contributed by atoms with Crippen LogP contribution in [0.25, 0.3) is 0 Å². The van der Waals surface area contributed by atoms with E-state index in [1.807, 2.05) is 30.3 Å². The van der Waals surface area contributed by atoms with Crippen LogP contribution in [0.5, 0.6) is 5.75 Å². The molecule has 2 rings (SSSR count). The Balaban J connectivity index is 1.93. The molecule has 0 saturated heterocycles. The summed E-state index contributed by atoms with van der Waals surface area (Å²) in [5, 5.41) is 13.8. The normalized spacial score (nSPS) is 12.3. The van der Waals surface area contributed by atoms with Crippen LogP contribution < -0.4 is 10.1 Å². The van der Waals surface area contributed by atoms with Crippen LogP contribution in [-0.2, 0) is 6.61 Å². The van der Waals surface area contributed by atoms with E-state index >= 15 is 0 Å². The molecule has 1 atom stereocenters. The van der Waals surface area contributed by atoms with Gasteiger partial charge in [0.15, 0.2) is 5.01 Å². The van der Waals surface area contributed by atoms with Gasteiger partial charge in [-0.3, -0.25) is 0 Å². The molecule has 0 fully saturated rings. The number of hydrogen-bond acceptors (Lipinski definition) is 5. The molecule has 19 heavy (non-hydrogen) atoms. The Labute approximate surface area is 117 Å². The fraction of sp³-hybridized carbons (Fsp3) is 0.429. The van der Waals surface area contributed by atoms with Gasteiger partial charge >= 0.3 is 0 Å². The highest BCUT2D eigenvalue weighted by Gasteiger charge is 2.13. The van der Waals surface area contributed by atoms with E-state index < -0.39 is 0 Å². The second-order valence-electron chi connectivity index (χ2n) is 4.15. The molecule has 0 saturated carbocycles. The Morgan fingerprint density at radius 2 is 2.00 bits per heavy atom. The van der Waals surface area contributed by atoms with E-state index in [1.54, 1.807) is 11.3 Å². The molecule has 0 aliphatic carbocycles. The van der Waals surface area contributed by atoms with Crippen molar-refractivity contribution in [2.45, 2.75) is 32.9 Å². The summed E-state index contributed by atoms with van der Waals surface area (Å²) >= 11 is 1.62. The first-order chi connectivity index (χ1) is 9.33. The first-order valence-corrected chi connectivity index (χ1v) is 7.38. The van der Waals surface area contributed by atoms with Gasteiger partial charge in [-0.05, 0) is 25.1 Å². The predicted octanol–water partition coefficient (Wildman–Crippen LogP) is 3.18. The zero-order valence-corrected chi connectivity index (χ0v) is 12.1. The second-order valence-corrected chi connectivity index (χ2v) is 5.25. The van der Waals surface area contributed by atoms with Crippen molar-refractivity contribution < 1.29 is 4.74 Å². The maximum Gasteiger partial charge on any atom is 0.155 e. The number of nitrogens with one attached hydrogen (secondary N) is 1. The van der Waals surface area contributed by atoms with Gasteiger partial charge in [-0.15, -0.1) is 10.2 Å². The number of aromatic nitrogens is 2. The summed E-state index contributed by atoms with van der Waals surface area (Å²) in [6.07, 6.45) is 1.02. The molecule has 0 bridgehead atoms. The van der Waals surface area contributed by atoms with Gasteiger partial charge in [0, 0.05) is 0 Å². The first kappa shape index (κ1) is 14.0. The molecule has 1 heterocycles. The minimum absolute atomic E-state index is 0.299. The third-order valence-electron chi connectivity index (χ3n) is 2.74. The van der Waals surface area contributed by atoms with Gasteiger partial charge in [0.1, 0.15) is 17.4 Å². The van der Waals surface area contributed by atoms with Gasteiger partial charge in [-0.25, -0.2) is 0 Å². The molecule has 5 heteroatoms. The molecule has 1 N–H and O–H groups in total. The van der Waals surface area contributed by atoms with Crippen molar-refractivity contribution in [1.29, 1.82) is 0 Å². The number of rotatable bonds is 7. The van der Waals surface area contributed by atoms with Gasteiger partial charge in [-0.1, -0.05) is 43.4 Å². The molecule has 102 valence electrons. The number of hydrogen-bond donors (Lipinski definition) is 1. The maximum absolute atomic E-state index is 5.67. The molecule has 0 aliphatic heterocycles. The Kier molecular flexibility index (Phi) is 5.30. The zero-order valence-electron chi connectivity index (χ0n) is 11.3. The van der Waals surface area contributed by atoms with Crippen molar-refractivity contribution in [3.63, 3.8) is 0 Å². The van der Waals surface area contributed by atoms with Crippen molar-refractivity contribution in [3.8, 4) is 5.75 Å². The molecule has 0 amide bonds. The van der Waals surface area contributed by atoms with Gasteiger partial charge in [-0.2, -0.15) is 0 Å². The van der Waals surface area contributed by atoms with Crippen LogP contribution in [0, 0.1) is 0 Å². The average molecular weight is 277 g/mol. The summed E-state index contributed by atoms with van der Waals surface area (Å²) in [5.41, 5.74) is 0. The number of benzene rings is 1. The highest BCUT2D eigenvalue weighted by Crippen LogP contribution is 2.21. The first-order valence-electron chi connectivity index (χ1n) is 6.57. The lowest BCUT2D eigenvalue weighted by Crippen LogP contribution is -2.19. The summed E-state index contributed by atoms with van der Waals surface area (Å²) in [6.45, 7) is 5.66. The highest BCUT2D eigenvalue weighted by atomic mass is 32.1. The average Bonchev–Trinajstić information content (AvgIpc) is 2.92. The Morgan fingerprint density at radius 3 is 2.68 bits per heavy atom. The summed E-state index contributed by atoms with van der Waals surface area (Å²) < 4.78 is 5.67. The van der Waals surface area contributed by atoms with E-state index in [2.05, 4.69) is 29.4 Å². The lowest BCUT2D eigenvalue weighted by molar-refractivity contribution is 0.304. The Hall–Kier alpha value is -1.46. The van der Waals surface area contributed by atoms with Crippen molar-refractivity contribution in [1.82, 2.24) is 15.5 Å². The van der Waals surface area contributed by atoms with Crippen LogP contribution in [0.15, 0.2) is 30.3 Å². The zero-order chi connectivity index (χ0) is 13.5. The maximum atomic E-state index is 5.67. The standard InChI is InChI=1S/C14H19N3OS/c1-3-12(15-4-2)14-17-16-13(19-14)10-18-11-8-6-5-7-9-11/h5-9,12,15H,3-4,10H2,1-2H3. The van der Waals surface area contributed by atoms with Crippen LogP contribution in [0.1, 0.15) is 36.3 Å². The smallest absolute Gasteiger partial charge is 0.155 e. The predicted molar refractivity (Wildman–Crippen MR) is 77.4 cm³/mol. The third-order valence-corrected chi connectivity index (χ3v) is 3.76. The van der Waals surface area contributed by atoms with Gasteiger partial charge < -0.3 is 10.1 Å². The van der Waals surface area contributed by atoms with Crippen LogP contribution in [0.4, 0.5) is 0 Å². The quantitative estimate of drug-likeness (QED) is 0.844. The SMILES string of the molecule is CCNC(CC)c1nnc(COc2ccccc2)s1. The van der Waals surface area contributed by atoms with E-state index in [4.69, 9.17) is 4.74 Å².